The Balaban J connectivity index is 1.80. The lowest BCUT2D eigenvalue weighted by atomic mass is 9.86. The van der Waals surface area contributed by atoms with E-state index in [9.17, 15) is 14.0 Å². The van der Waals surface area contributed by atoms with Crippen LogP contribution in [0.15, 0.2) is 77.7 Å². The van der Waals surface area contributed by atoms with E-state index in [1.807, 2.05) is 31.2 Å². The van der Waals surface area contributed by atoms with Crippen LogP contribution in [0.25, 0.3) is 0 Å². The Hall–Kier alpha value is -3.67. The highest BCUT2D eigenvalue weighted by atomic mass is 19.1. The van der Waals surface area contributed by atoms with Crippen LogP contribution >= 0.6 is 0 Å². The Bertz CT molecular complexity index is 1160. The molecule has 2 aromatic carbocycles. The number of amides is 2. The maximum atomic E-state index is 13.4. The van der Waals surface area contributed by atoms with Gasteiger partial charge in [-0.05, 0) is 59.9 Å². The fourth-order valence-electron chi connectivity index (χ4n) is 3.73. The first kappa shape index (κ1) is 25.9. The molecule has 5 nitrogen and oxygen atoms in total. The van der Waals surface area contributed by atoms with E-state index in [-0.39, 0.29) is 49.2 Å². The standard InChI is InChI=1S/C29H33FN2O3/c1-6-17-31(28(34)23-10-12-24(13-11-23)29(3,4)5)20-27(33)32(19-26-16-7-21(2)35-26)18-22-8-14-25(30)15-9-22/h6-16H,1,17-20H2,2-5H3. The molecule has 2 amide bonds. The molecule has 0 aliphatic rings. The lowest BCUT2D eigenvalue weighted by molar-refractivity contribution is -0.133. The summed E-state index contributed by atoms with van der Waals surface area (Å²) in [6, 6.07) is 17.2. The van der Waals surface area contributed by atoms with Crippen LogP contribution in [0, 0.1) is 12.7 Å². The number of hydrogen-bond donors (Lipinski definition) is 0. The predicted octanol–water partition coefficient (Wildman–Crippen LogP) is 5.88. The largest absolute Gasteiger partial charge is 0.464 e. The van der Waals surface area contributed by atoms with Gasteiger partial charge in [-0.3, -0.25) is 9.59 Å². The number of hydrogen-bond acceptors (Lipinski definition) is 3. The van der Waals surface area contributed by atoms with Gasteiger partial charge in [-0.25, -0.2) is 4.39 Å². The number of furan rings is 1. The third-order valence-electron chi connectivity index (χ3n) is 5.74. The summed E-state index contributed by atoms with van der Waals surface area (Å²) in [6.45, 7) is 12.5. The molecule has 0 aliphatic heterocycles. The molecule has 0 spiro atoms. The molecule has 3 aromatic rings. The molecule has 0 radical (unpaired) electrons. The molecule has 0 saturated heterocycles. The summed E-state index contributed by atoms with van der Waals surface area (Å²) in [7, 11) is 0. The predicted molar refractivity (Wildman–Crippen MR) is 135 cm³/mol. The van der Waals surface area contributed by atoms with Gasteiger partial charge < -0.3 is 14.2 Å². The quantitative estimate of drug-likeness (QED) is 0.362. The Labute approximate surface area is 206 Å². The van der Waals surface area contributed by atoms with E-state index < -0.39 is 0 Å². The van der Waals surface area contributed by atoms with E-state index in [0.717, 1.165) is 16.9 Å². The number of benzene rings is 2. The van der Waals surface area contributed by atoms with E-state index in [1.165, 1.54) is 17.0 Å². The monoisotopic (exact) mass is 476 g/mol. The van der Waals surface area contributed by atoms with Crippen LogP contribution in [-0.4, -0.2) is 34.7 Å². The number of nitrogens with zero attached hydrogens (tertiary/aromatic N) is 2. The van der Waals surface area contributed by atoms with Crippen molar-refractivity contribution in [1.29, 1.82) is 0 Å². The smallest absolute Gasteiger partial charge is 0.254 e. The van der Waals surface area contributed by atoms with Crippen molar-refractivity contribution in [3.8, 4) is 0 Å². The van der Waals surface area contributed by atoms with Gasteiger partial charge in [-0.1, -0.05) is 51.1 Å². The molecule has 0 aliphatic carbocycles. The van der Waals surface area contributed by atoms with Crippen LogP contribution < -0.4 is 0 Å². The molecule has 35 heavy (non-hydrogen) atoms. The molecule has 0 saturated carbocycles. The first-order chi connectivity index (χ1) is 16.6. The highest BCUT2D eigenvalue weighted by Crippen LogP contribution is 2.23. The maximum absolute atomic E-state index is 13.4. The fraction of sp³-hybridized carbons (Fsp3) is 0.310. The zero-order valence-corrected chi connectivity index (χ0v) is 20.9. The highest BCUT2D eigenvalue weighted by Gasteiger charge is 2.23. The van der Waals surface area contributed by atoms with E-state index in [0.29, 0.717) is 11.3 Å². The van der Waals surface area contributed by atoms with Gasteiger partial charge in [0.05, 0.1) is 6.54 Å². The van der Waals surface area contributed by atoms with Crippen molar-refractivity contribution < 1.29 is 18.4 Å². The van der Waals surface area contributed by atoms with Gasteiger partial charge in [0, 0.05) is 18.7 Å². The second kappa shape index (κ2) is 11.2. The highest BCUT2D eigenvalue weighted by molar-refractivity contribution is 5.96. The number of halogens is 1. The Morgan fingerprint density at radius 1 is 0.943 bits per heavy atom. The van der Waals surface area contributed by atoms with E-state index in [4.69, 9.17) is 4.42 Å². The number of carbonyl (C=O) groups excluding carboxylic acids is 2. The fourth-order valence-corrected chi connectivity index (χ4v) is 3.73. The topological polar surface area (TPSA) is 53.8 Å². The average Bonchev–Trinajstić information content (AvgIpc) is 3.23. The molecule has 0 bridgehead atoms. The molecule has 6 heteroatoms. The van der Waals surface area contributed by atoms with Crippen molar-refractivity contribution in [1.82, 2.24) is 9.80 Å². The van der Waals surface area contributed by atoms with Gasteiger partial charge >= 0.3 is 0 Å². The Morgan fingerprint density at radius 3 is 2.14 bits per heavy atom. The molecule has 3 rings (SSSR count). The van der Waals surface area contributed by atoms with Crippen molar-refractivity contribution in [2.75, 3.05) is 13.1 Å². The van der Waals surface area contributed by atoms with Gasteiger partial charge in [0.25, 0.3) is 5.91 Å². The van der Waals surface area contributed by atoms with Gasteiger partial charge in [-0.15, -0.1) is 6.58 Å². The number of rotatable bonds is 9. The van der Waals surface area contributed by atoms with Gasteiger partial charge in [0.1, 0.15) is 23.9 Å². The average molecular weight is 477 g/mol. The van der Waals surface area contributed by atoms with Crippen LogP contribution in [0.5, 0.6) is 0 Å². The first-order valence-corrected chi connectivity index (χ1v) is 11.6. The van der Waals surface area contributed by atoms with Crippen molar-refractivity contribution in [2.45, 2.75) is 46.2 Å². The minimum absolute atomic E-state index is 0.0244. The van der Waals surface area contributed by atoms with Crippen molar-refractivity contribution in [2.24, 2.45) is 0 Å². The summed E-state index contributed by atoms with van der Waals surface area (Å²) in [5.74, 6) is 0.557. The van der Waals surface area contributed by atoms with Crippen molar-refractivity contribution in [3.05, 3.63) is 107 Å². The zero-order chi connectivity index (χ0) is 25.6. The first-order valence-electron chi connectivity index (χ1n) is 11.6. The molecule has 0 atom stereocenters. The lowest BCUT2D eigenvalue weighted by Gasteiger charge is -2.27. The Morgan fingerprint density at radius 2 is 1.60 bits per heavy atom. The van der Waals surface area contributed by atoms with Gasteiger partial charge in [0.15, 0.2) is 0 Å². The minimum Gasteiger partial charge on any atom is -0.464 e. The summed E-state index contributed by atoms with van der Waals surface area (Å²) in [5.41, 5.74) is 2.39. The molecule has 1 aromatic heterocycles. The second-order valence-corrected chi connectivity index (χ2v) is 9.69. The normalized spacial score (nSPS) is 11.2. The van der Waals surface area contributed by atoms with Crippen LogP contribution in [0.1, 0.15) is 53.8 Å². The molecule has 0 fully saturated rings. The third-order valence-corrected chi connectivity index (χ3v) is 5.74. The van der Waals surface area contributed by atoms with E-state index in [2.05, 4.69) is 27.4 Å². The maximum Gasteiger partial charge on any atom is 0.254 e. The molecule has 1 heterocycles. The second-order valence-electron chi connectivity index (χ2n) is 9.69. The molecular formula is C29H33FN2O3. The van der Waals surface area contributed by atoms with Gasteiger partial charge in [0.2, 0.25) is 5.91 Å². The molecule has 0 unspecified atom stereocenters. The van der Waals surface area contributed by atoms with Crippen LogP contribution in [0.4, 0.5) is 4.39 Å². The SMILES string of the molecule is C=CCN(CC(=O)N(Cc1ccc(F)cc1)Cc1ccc(C)o1)C(=O)c1ccc(C(C)(C)C)cc1. The van der Waals surface area contributed by atoms with Crippen molar-refractivity contribution >= 4 is 11.8 Å². The molecular weight excluding hydrogens is 443 g/mol. The molecule has 184 valence electrons. The van der Waals surface area contributed by atoms with E-state index >= 15 is 0 Å². The van der Waals surface area contributed by atoms with Crippen LogP contribution in [0.3, 0.4) is 0 Å². The van der Waals surface area contributed by atoms with Crippen molar-refractivity contribution in [3.63, 3.8) is 0 Å². The van der Waals surface area contributed by atoms with Crippen LogP contribution in [0.2, 0.25) is 0 Å². The summed E-state index contributed by atoms with van der Waals surface area (Å²) in [6.07, 6.45) is 1.61. The zero-order valence-electron chi connectivity index (χ0n) is 20.9. The summed E-state index contributed by atoms with van der Waals surface area (Å²) >= 11 is 0. The molecule has 0 N–H and O–H groups in total. The number of aryl methyl sites for hydroxylation is 1. The number of carbonyl (C=O) groups is 2. The summed E-state index contributed by atoms with van der Waals surface area (Å²) < 4.78 is 19.1. The van der Waals surface area contributed by atoms with Gasteiger partial charge in [-0.2, -0.15) is 0 Å². The minimum atomic E-state index is -0.339. The van der Waals surface area contributed by atoms with Crippen LogP contribution in [-0.2, 0) is 23.3 Å². The Kier molecular flexibility index (Phi) is 8.28. The lowest BCUT2D eigenvalue weighted by Crippen LogP contribution is -2.42. The third kappa shape index (κ3) is 7.15. The summed E-state index contributed by atoms with van der Waals surface area (Å²) in [4.78, 5) is 29.8. The van der Waals surface area contributed by atoms with E-state index in [1.54, 1.807) is 35.2 Å². The summed E-state index contributed by atoms with van der Waals surface area (Å²) in [5, 5.41) is 0.